The lowest BCUT2D eigenvalue weighted by Gasteiger charge is -2.15. The largest absolute Gasteiger partial charge is 0.493 e. The maximum Gasteiger partial charge on any atom is 0.231 e. The molecule has 0 spiro atoms. The normalized spacial score (nSPS) is 18.9. The first-order valence-electron chi connectivity index (χ1n) is 8.70. The fourth-order valence-corrected chi connectivity index (χ4v) is 4.05. The summed E-state index contributed by atoms with van der Waals surface area (Å²) >= 11 is 3.45. The van der Waals surface area contributed by atoms with Crippen LogP contribution in [-0.4, -0.2) is 47.1 Å². The van der Waals surface area contributed by atoms with Crippen LogP contribution in [0, 0.1) is 0 Å². The summed E-state index contributed by atoms with van der Waals surface area (Å²) in [4.78, 5) is 13.3. The standard InChI is InChI=1S/C20H19BrO8/c1-23-10-6-5-9(7-11(10)24-2)15-18(29-15)14(22)12-13(21)17-20(28-8-27-17)19(26-4)16(12)25-3/h5-7,15,18H,8H2,1-4H3/t15-,18+/m0/s1. The van der Waals surface area contributed by atoms with Gasteiger partial charge in [0.15, 0.2) is 34.9 Å². The second-order valence-electron chi connectivity index (χ2n) is 6.28. The van der Waals surface area contributed by atoms with E-state index in [0.717, 1.165) is 5.56 Å². The number of carbonyl (C=O) groups excluding carboxylic acids is 1. The molecule has 0 aliphatic carbocycles. The van der Waals surface area contributed by atoms with Crippen LogP contribution in [0.25, 0.3) is 0 Å². The average Bonchev–Trinajstić information content (AvgIpc) is 3.40. The number of ether oxygens (including phenoxy) is 7. The van der Waals surface area contributed by atoms with Crippen LogP contribution in [0.5, 0.6) is 34.5 Å². The first kappa shape index (κ1) is 19.7. The molecule has 2 atom stereocenters. The van der Waals surface area contributed by atoms with Crippen LogP contribution in [0.15, 0.2) is 22.7 Å². The van der Waals surface area contributed by atoms with E-state index in [4.69, 9.17) is 33.2 Å². The van der Waals surface area contributed by atoms with E-state index in [1.54, 1.807) is 26.4 Å². The Morgan fingerprint density at radius 2 is 1.66 bits per heavy atom. The van der Waals surface area contributed by atoms with E-state index in [2.05, 4.69) is 15.9 Å². The molecule has 2 aromatic rings. The SMILES string of the molecule is COc1ccc([C@@H]2O[C@@H]2C(=O)c2c(Br)c3c(c(OC)c2OC)OCO3)cc1OC. The van der Waals surface area contributed by atoms with Crippen LogP contribution in [0.2, 0.25) is 0 Å². The molecule has 0 radical (unpaired) electrons. The van der Waals surface area contributed by atoms with Crippen molar-refractivity contribution in [2.24, 2.45) is 0 Å². The fraction of sp³-hybridized carbons (Fsp3) is 0.350. The summed E-state index contributed by atoms with van der Waals surface area (Å²) < 4.78 is 38.6. The van der Waals surface area contributed by atoms with Crippen molar-refractivity contribution in [2.45, 2.75) is 12.2 Å². The van der Waals surface area contributed by atoms with Gasteiger partial charge in [0.05, 0.1) is 38.5 Å². The predicted octanol–water partition coefficient (Wildman–Crippen LogP) is 3.54. The zero-order valence-corrected chi connectivity index (χ0v) is 17.8. The van der Waals surface area contributed by atoms with Gasteiger partial charge in [-0.3, -0.25) is 4.79 Å². The van der Waals surface area contributed by atoms with Crippen LogP contribution in [0.3, 0.4) is 0 Å². The molecular formula is C20H19BrO8. The van der Waals surface area contributed by atoms with Gasteiger partial charge in [0.2, 0.25) is 18.3 Å². The number of Topliss-reactive ketones (excluding diaryl/α,β-unsaturated/α-hetero) is 1. The number of rotatable bonds is 7. The van der Waals surface area contributed by atoms with E-state index < -0.39 is 12.2 Å². The quantitative estimate of drug-likeness (QED) is 0.452. The highest BCUT2D eigenvalue weighted by Gasteiger charge is 2.49. The van der Waals surface area contributed by atoms with Gasteiger partial charge in [-0.25, -0.2) is 0 Å². The maximum atomic E-state index is 13.3. The topological polar surface area (TPSA) is 85.0 Å². The first-order chi connectivity index (χ1) is 14.0. The minimum absolute atomic E-state index is 0.0271. The molecule has 2 aliphatic rings. The summed E-state index contributed by atoms with van der Waals surface area (Å²) in [6, 6.07) is 5.41. The summed E-state index contributed by atoms with van der Waals surface area (Å²) in [6.07, 6.45) is -1.08. The van der Waals surface area contributed by atoms with Crippen molar-refractivity contribution in [1.82, 2.24) is 0 Å². The molecule has 0 unspecified atom stereocenters. The smallest absolute Gasteiger partial charge is 0.231 e. The summed E-state index contributed by atoms with van der Waals surface area (Å²) in [6.45, 7) is 0.0271. The third kappa shape index (κ3) is 3.14. The molecule has 0 saturated carbocycles. The molecule has 4 rings (SSSR count). The molecule has 154 valence electrons. The Bertz CT molecular complexity index is 974. The Kier molecular flexibility index (Phi) is 5.18. The number of ketones is 1. The molecule has 1 saturated heterocycles. The Morgan fingerprint density at radius 3 is 2.31 bits per heavy atom. The van der Waals surface area contributed by atoms with Crippen molar-refractivity contribution in [3.8, 4) is 34.5 Å². The number of methoxy groups -OCH3 is 4. The van der Waals surface area contributed by atoms with Gasteiger partial charge in [0.1, 0.15) is 6.10 Å². The Hall–Kier alpha value is -2.65. The lowest BCUT2D eigenvalue weighted by molar-refractivity contribution is 0.0948. The highest BCUT2D eigenvalue weighted by Crippen LogP contribution is 2.55. The van der Waals surface area contributed by atoms with Crippen LogP contribution in [0.4, 0.5) is 0 Å². The van der Waals surface area contributed by atoms with E-state index in [1.807, 2.05) is 6.07 Å². The Balaban J connectivity index is 1.69. The lowest BCUT2D eigenvalue weighted by atomic mass is 10.0. The summed E-state index contributed by atoms with van der Waals surface area (Å²) in [7, 11) is 6.05. The number of hydrogen-bond donors (Lipinski definition) is 0. The second kappa shape index (κ2) is 7.64. The van der Waals surface area contributed by atoms with Crippen molar-refractivity contribution in [2.75, 3.05) is 35.2 Å². The molecule has 1 fully saturated rings. The molecule has 9 heteroatoms. The van der Waals surface area contributed by atoms with Gasteiger partial charge in [-0.2, -0.15) is 0 Å². The van der Waals surface area contributed by atoms with Gasteiger partial charge in [-0.15, -0.1) is 0 Å². The third-order valence-corrected chi connectivity index (χ3v) is 5.57. The van der Waals surface area contributed by atoms with Crippen molar-refractivity contribution in [3.05, 3.63) is 33.8 Å². The fourth-order valence-electron chi connectivity index (χ4n) is 3.38. The molecule has 2 heterocycles. The molecule has 29 heavy (non-hydrogen) atoms. The van der Waals surface area contributed by atoms with Crippen LogP contribution < -0.4 is 28.4 Å². The van der Waals surface area contributed by atoms with E-state index >= 15 is 0 Å². The molecular weight excluding hydrogens is 448 g/mol. The third-order valence-electron chi connectivity index (χ3n) is 4.81. The zero-order chi connectivity index (χ0) is 20.7. The van der Waals surface area contributed by atoms with Crippen LogP contribution in [-0.2, 0) is 4.74 Å². The highest BCUT2D eigenvalue weighted by atomic mass is 79.9. The van der Waals surface area contributed by atoms with Gasteiger partial charge < -0.3 is 33.2 Å². The molecule has 0 bridgehead atoms. The minimum Gasteiger partial charge on any atom is -0.493 e. The average molecular weight is 467 g/mol. The molecule has 0 amide bonds. The number of benzene rings is 2. The monoisotopic (exact) mass is 466 g/mol. The number of carbonyl (C=O) groups is 1. The van der Waals surface area contributed by atoms with E-state index in [0.29, 0.717) is 33.2 Å². The van der Waals surface area contributed by atoms with Crippen LogP contribution >= 0.6 is 15.9 Å². The lowest BCUT2D eigenvalue weighted by Crippen LogP contribution is -2.12. The summed E-state index contributed by atoms with van der Waals surface area (Å²) in [5.74, 6) is 2.25. The zero-order valence-electron chi connectivity index (χ0n) is 16.2. The molecule has 0 aromatic heterocycles. The number of halogens is 1. The molecule has 0 N–H and O–H groups in total. The van der Waals surface area contributed by atoms with Gasteiger partial charge in [-0.05, 0) is 33.6 Å². The van der Waals surface area contributed by atoms with Crippen molar-refractivity contribution in [1.29, 1.82) is 0 Å². The van der Waals surface area contributed by atoms with Crippen molar-refractivity contribution < 1.29 is 38.0 Å². The number of hydrogen-bond acceptors (Lipinski definition) is 8. The van der Waals surface area contributed by atoms with Gasteiger partial charge >= 0.3 is 0 Å². The number of fused-ring (bicyclic) bond motifs is 1. The van der Waals surface area contributed by atoms with E-state index in [9.17, 15) is 4.79 Å². The van der Waals surface area contributed by atoms with E-state index in [1.165, 1.54) is 14.2 Å². The predicted molar refractivity (Wildman–Crippen MR) is 105 cm³/mol. The molecule has 8 nitrogen and oxygen atoms in total. The highest BCUT2D eigenvalue weighted by molar-refractivity contribution is 9.10. The van der Waals surface area contributed by atoms with Gasteiger partial charge in [-0.1, -0.05) is 6.07 Å². The molecule has 2 aliphatic heterocycles. The maximum absolute atomic E-state index is 13.3. The van der Waals surface area contributed by atoms with Crippen molar-refractivity contribution >= 4 is 21.7 Å². The Labute approximate surface area is 175 Å². The van der Waals surface area contributed by atoms with E-state index in [-0.39, 0.29) is 23.9 Å². The van der Waals surface area contributed by atoms with Crippen LogP contribution in [0.1, 0.15) is 22.0 Å². The van der Waals surface area contributed by atoms with Gasteiger partial charge in [0, 0.05) is 0 Å². The second-order valence-corrected chi connectivity index (χ2v) is 7.07. The van der Waals surface area contributed by atoms with Gasteiger partial charge in [0.25, 0.3) is 0 Å². The summed E-state index contributed by atoms with van der Waals surface area (Å²) in [5, 5.41) is 0. The Morgan fingerprint density at radius 1 is 0.966 bits per heavy atom. The first-order valence-corrected chi connectivity index (χ1v) is 9.49. The number of epoxide rings is 1. The summed E-state index contributed by atoms with van der Waals surface area (Å²) in [5.41, 5.74) is 1.09. The minimum atomic E-state index is -0.677. The molecule has 2 aromatic carbocycles. The van der Waals surface area contributed by atoms with Crippen molar-refractivity contribution in [3.63, 3.8) is 0 Å².